The Morgan fingerprint density at radius 3 is 2.80 bits per heavy atom. The molecule has 0 aromatic rings. The van der Waals surface area contributed by atoms with E-state index in [1.54, 1.807) is 6.92 Å². The quantitative estimate of drug-likeness (QED) is 0.474. The van der Waals surface area contributed by atoms with Gasteiger partial charge in [-0.25, -0.2) is 0 Å². The van der Waals surface area contributed by atoms with Crippen LogP contribution in [0, 0.1) is 0 Å². The second-order valence-electron chi connectivity index (χ2n) is 2.75. The number of halogens is 1. The number of rotatable bonds is 0. The number of nitrogens with zero attached hydrogens (tertiary/aromatic N) is 1. The molecule has 0 saturated carbocycles. The highest BCUT2D eigenvalue weighted by Crippen LogP contribution is 1.98. The van der Waals surface area contributed by atoms with Gasteiger partial charge in [0.25, 0.3) is 0 Å². The Labute approximate surface area is 60.5 Å². The summed E-state index contributed by atoms with van der Waals surface area (Å²) in [4.78, 5) is 0. The molecule has 0 spiro atoms. The molecule has 1 heterocycles. The second-order valence-corrected chi connectivity index (χ2v) is 2.75. The molecule has 0 bridgehead atoms. The van der Waals surface area contributed by atoms with E-state index in [2.05, 4.69) is 10.6 Å². The lowest BCUT2D eigenvalue weighted by Gasteiger charge is -2.15. The first-order valence-electron chi connectivity index (χ1n) is 3.59. The summed E-state index contributed by atoms with van der Waals surface area (Å²) < 4.78 is 12.7. The maximum atomic E-state index is 12.7. The molecule has 60 valence electrons. The van der Waals surface area contributed by atoms with Gasteiger partial charge in [-0.3, -0.25) is 10.6 Å². The van der Waals surface area contributed by atoms with E-state index in [-0.39, 0.29) is 6.17 Å². The van der Waals surface area contributed by atoms with E-state index >= 15 is 0 Å². The van der Waals surface area contributed by atoms with Gasteiger partial charge in [0.05, 0.1) is 12.8 Å². The van der Waals surface area contributed by atoms with Crippen LogP contribution in [-0.2, 0) is 0 Å². The van der Waals surface area contributed by atoms with Gasteiger partial charge in [0.1, 0.15) is 0 Å². The van der Waals surface area contributed by atoms with Crippen molar-refractivity contribution < 1.29 is 4.48 Å². The first kappa shape index (κ1) is 7.91. The van der Waals surface area contributed by atoms with Crippen molar-refractivity contribution in [3.05, 3.63) is 0 Å². The van der Waals surface area contributed by atoms with Crippen LogP contribution < -0.4 is 10.6 Å². The van der Waals surface area contributed by atoms with Gasteiger partial charge >= 0.3 is 0 Å². The molecular weight excluding hydrogens is 133 g/mol. The smallest absolute Gasteiger partial charge is 0.0880 e. The summed E-state index contributed by atoms with van der Waals surface area (Å²) in [6.07, 6.45) is -0.169. The van der Waals surface area contributed by atoms with Crippen LogP contribution >= 0.6 is 0 Å². The zero-order chi connectivity index (χ0) is 7.56. The van der Waals surface area contributed by atoms with Gasteiger partial charge in [-0.1, -0.05) is 0 Å². The molecular formula is C6H14FN3. The maximum Gasteiger partial charge on any atom is 0.0880 e. The van der Waals surface area contributed by atoms with Gasteiger partial charge in [-0.2, -0.15) is 0 Å². The van der Waals surface area contributed by atoms with Crippen LogP contribution in [0.15, 0.2) is 0 Å². The van der Waals surface area contributed by atoms with Crippen LogP contribution in [-0.4, -0.2) is 30.5 Å². The zero-order valence-electron chi connectivity index (χ0n) is 6.39. The van der Waals surface area contributed by atoms with Crippen molar-refractivity contribution in [3.63, 3.8) is 0 Å². The van der Waals surface area contributed by atoms with Crippen LogP contribution in [0.2, 0.25) is 0 Å². The molecule has 0 aliphatic carbocycles. The molecule has 2 N–H and O–H groups in total. The van der Waals surface area contributed by atoms with Gasteiger partial charge in [0, 0.05) is 12.6 Å². The molecule has 4 heteroatoms. The number of hydrogen-bond donors (Lipinski definition) is 2. The third-order valence-corrected chi connectivity index (χ3v) is 1.73. The topological polar surface area (TPSA) is 27.3 Å². The molecule has 0 aromatic carbocycles. The second kappa shape index (κ2) is 3.27. The molecule has 1 fully saturated rings. The van der Waals surface area contributed by atoms with Gasteiger partial charge < -0.3 is 0 Å². The highest BCUT2D eigenvalue weighted by molar-refractivity contribution is 4.70. The van der Waals surface area contributed by atoms with Gasteiger partial charge in [-0.05, 0) is 13.8 Å². The van der Waals surface area contributed by atoms with Crippen molar-refractivity contribution in [2.24, 2.45) is 0 Å². The largest absolute Gasteiger partial charge is 0.298 e. The standard InChI is InChI=1S/C6H14FN3/c1-5-3-8-6(2)10(7)4-9-5/h5-6,8-9H,3-4H2,1-2H3. The zero-order valence-corrected chi connectivity index (χ0v) is 6.39. The van der Waals surface area contributed by atoms with E-state index in [0.29, 0.717) is 12.7 Å². The Balaban J connectivity index is 2.38. The highest BCUT2D eigenvalue weighted by atomic mass is 19.2. The maximum absolute atomic E-state index is 12.7. The monoisotopic (exact) mass is 147 g/mol. The third kappa shape index (κ3) is 1.90. The average molecular weight is 147 g/mol. The molecule has 1 saturated heterocycles. The van der Waals surface area contributed by atoms with Gasteiger partial charge in [-0.15, -0.1) is 9.60 Å². The summed E-state index contributed by atoms with van der Waals surface area (Å²) in [5.74, 6) is 0. The van der Waals surface area contributed by atoms with Crippen molar-refractivity contribution in [3.8, 4) is 0 Å². The summed E-state index contributed by atoms with van der Waals surface area (Å²) >= 11 is 0. The fraction of sp³-hybridized carbons (Fsp3) is 1.00. The van der Waals surface area contributed by atoms with Gasteiger partial charge in [0.15, 0.2) is 0 Å². The van der Waals surface area contributed by atoms with Gasteiger partial charge in [0.2, 0.25) is 0 Å². The Morgan fingerprint density at radius 1 is 1.40 bits per heavy atom. The predicted molar refractivity (Wildman–Crippen MR) is 37.9 cm³/mol. The Bertz CT molecular complexity index is 97.2. The molecule has 1 rings (SSSR count). The van der Waals surface area contributed by atoms with Crippen LogP contribution in [0.1, 0.15) is 13.8 Å². The minimum atomic E-state index is -0.169. The summed E-state index contributed by atoms with van der Waals surface area (Å²) in [5, 5.41) is 6.80. The molecule has 0 aromatic heterocycles. The van der Waals surface area contributed by atoms with E-state index in [1.165, 1.54) is 0 Å². The average Bonchev–Trinajstić information content (AvgIpc) is 2.04. The van der Waals surface area contributed by atoms with Crippen LogP contribution in [0.5, 0.6) is 0 Å². The van der Waals surface area contributed by atoms with E-state index in [1.807, 2.05) is 6.92 Å². The Hall–Kier alpha value is -0.190. The van der Waals surface area contributed by atoms with E-state index in [4.69, 9.17) is 0 Å². The normalized spacial score (nSPS) is 37.5. The number of hydrogen-bond acceptors (Lipinski definition) is 3. The van der Waals surface area contributed by atoms with E-state index < -0.39 is 0 Å². The summed E-state index contributed by atoms with van der Waals surface area (Å²) in [6.45, 7) is 4.97. The van der Waals surface area contributed by atoms with Crippen molar-refractivity contribution >= 4 is 0 Å². The molecule has 10 heavy (non-hydrogen) atoms. The molecule has 2 unspecified atom stereocenters. The highest BCUT2D eigenvalue weighted by Gasteiger charge is 2.17. The first-order chi connectivity index (χ1) is 4.70. The molecule has 0 radical (unpaired) electrons. The Kier molecular flexibility index (Phi) is 2.59. The SMILES string of the molecule is CC1CNC(C)N(F)CN1. The lowest BCUT2D eigenvalue weighted by molar-refractivity contribution is -0.0263. The fourth-order valence-electron chi connectivity index (χ4n) is 0.899. The molecule has 3 nitrogen and oxygen atoms in total. The molecule has 2 atom stereocenters. The van der Waals surface area contributed by atoms with Crippen molar-refractivity contribution in [1.82, 2.24) is 15.8 Å². The predicted octanol–water partition coefficient (Wildman–Crippen LogP) is 0.0577. The minimum absolute atomic E-state index is 0.169. The summed E-state index contributed by atoms with van der Waals surface area (Å²) in [7, 11) is 0. The fourth-order valence-corrected chi connectivity index (χ4v) is 0.899. The molecule has 1 aliphatic heterocycles. The third-order valence-electron chi connectivity index (χ3n) is 1.73. The van der Waals surface area contributed by atoms with E-state index in [9.17, 15) is 4.48 Å². The Morgan fingerprint density at radius 2 is 2.10 bits per heavy atom. The van der Waals surface area contributed by atoms with Crippen molar-refractivity contribution in [1.29, 1.82) is 0 Å². The van der Waals surface area contributed by atoms with E-state index in [0.717, 1.165) is 11.7 Å². The van der Waals surface area contributed by atoms with Crippen molar-refractivity contribution in [2.75, 3.05) is 13.2 Å². The molecule has 0 amide bonds. The van der Waals surface area contributed by atoms with Crippen molar-refractivity contribution in [2.45, 2.75) is 26.1 Å². The summed E-state index contributed by atoms with van der Waals surface area (Å²) in [5.41, 5.74) is 0. The summed E-state index contributed by atoms with van der Waals surface area (Å²) in [6, 6.07) is 0.350. The molecule has 1 aliphatic rings. The van der Waals surface area contributed by atoms with Crippen LogP contribution in [0.3, 0.4) is 0 Å². The lowest BCUT2D eigenvalue weighted by Crippen LogP contribution is -2.37. The first-order valence-corrected chi connectivity index (χ1v) is 3.59. The number of nitrogens with one attached hydrogen (secondary N) is 2. The van der Waals surface area contributed by atoms with Crippen LogP contribution in [0.25, 0.3) is 0 Å². The lowest BCUT2D eigenvalue weighted by atomic mass is 10.3. The minimum Gasteiger partial charge on any atom is -0.298 e. The van der Waals surface area contributed by atoms with Crippen LogP contribution in [0.4, 0.5) is 4.48 Å².